The molecule has 2 aromatic carbocycles. The zero-order chi connectivity index (χ0) is 23.5. The van der Waals surface area contributed by atoms with E-state index in [1.807, 2.05) is 42.5 Å². The fraction of sp³-hybridized carbons (Fsp3) is 0.483. The van der Waals surface area contributed by atoms with Crippen LogP contribution in [0.2, 0.25) is 0 Å². The molecule has 1 heterocycles. The SMILES string of the molecule is O=C(NC1C[C@H]2CC[C@@H]1C2)c1ccc(-c2nc3ccc(NC(=O)C4C[C@@H]5CC[C@H]4C5)cc3[nH]2)cc1. The number of nitrogens with zero attached hydrogens (tertiary/aromatic N) is 1. The van der Waals surface area contributed by atoms with Crippen LogP contribution in [0.1, 0.15) is 61.7 Å². The van der Waals surface area contributed by atoms with E-state index in [4.69, 9.17) is 4.98 Å². The second kappa shape index (κ2) is 8.21. The molecular formula is C29H32N4O2. The van der Waals surface area contributed by atoms with E-state index < -0.39 is 0 Å². The van der Waals surface area contributed by atoms with Crippen LogP contribution in [0.15, 0.2) is 42.5 Å². The van der Waals surface area contributed by atoms with Crippen LogP contribution in [0.5, 0.6) is 0 Å². The van der Waals surface area contributed by atoms with Gasteiger partial charge in [0.1, 0.15) is 5.82 Å². The number of nitrogens with one attached hydrogen (secondary N) is 3. The van der Waals surface area contributed by atoms with E-state index in [0.717, 1.165) is 52.8 Å². The van der Waals surface area contributed by atoms with E-state index in [-0.39, 0.29) is 17.7 Å². The van der Waals surface area contributed by atoms with Gasteiger partial charge in [0.25, 0.3) is 5.91 Å². The first kappa shape index (κ1) is 21.2. The van der Waals surface area contributed by atoms with Gasteiger partial charge in [-0.3, -0.25) is 9.59 Å². The molecule has 6 heteroatoms. The van der Waals surface area contributed by atoms with Crippen molar-refractivity contribution >= 4 is 28.5 Å². The normalized spacial score (nSPS) is 30.7. The molecule has 2 unspecified atom stereocenters. The number of amides is 2. The molecule has 0 radical (unpaired) electrons. The Kier molecular flexibility index (Phi) is 4.97. The Hall–Kier alpha value is -3.15. The molecule has 0 aliphatic heterocycles. The molecule has 4 aliphatic carbocycles. The molecule has 0 saturated heterocycles. The number of carbonyl (C=O) groups excluding carboxylic acids is 2. The number of benzene rings is 2. The van der Waals surface area contributed by atoms with Gasteiger partial charge in [-0.1, -0.05) is 25.0 Å². The van der Waals surface area contributed by atoms with Gasteiger partial charge in [0, 0.05) is 28.8 Å². The Balaban J connectivity index is 1.03. The van der Waals surface area contributed by atoms with Crippen LogP contribution in [-0.4, -0.2) is 27.8 Å². The lowest BCUT2D eigenvalue weighted by molar-refractivity contribution is -0.121. The molecular weight excluding hydrogens is 436 g/mol. The average molecular weight is 469 g/mol. The zero-order valence-corrected chi connectivity index (χ0v) is 19.9. The molecule has 0 spiro atoms. The maximum Gasteiger partial charge on any atom is 0.251 e. The van der Waals surface area contributed by atoms with Gasteiger partial charge < -0.3 is 15.6 Å². The van der Waals surface area contributed by atoms with Gasteiger partial charge in [0.2, 0.25) is 5.91 Å². The van der Waals surface area contributed by atoms with Crippen molar-refractivity contribution in [2.45, 2.75) is 57.4 Å². The van der Waals surface area contributed by atoms with Gasteiger partial charge in [-0.2, -0.15) is 0 Å². The monoisotopic (exact) mass is 468 g/mol. The lowest BCUT2D eigenvalue weighted by atomic mass is 9.88. The van der Waals surface area contributed by atoms with Crippen molar-refractivity contribution in [2.75, 3.05) is 5.32 Å². The highest BCUT2D eigenvalue weighted by Gasteiger charge is 2.43. The minimum atomic E-state index is 0.0228. The number of H-pyrrole nitrogens is 1. The standard InChI is InChI=1S/C29H32N4O2/c34-28(33-25-14-17-2-4-21(25)12-17)19-7-5-18(6-8-19)27-31-24-10-9-22(15-26(24)32-27)30-29(35)23-13-16-1-3-20(23)11-16/h5-10,15-17,20-21,23,25H,1-4,11-14H2,(H,30,35)(H,31,32)(H,33,34)/t16-,17+,20+,21-,23?,25?/m1/s1. The molecule has 6 nitrogen and oxygen atoms in total. The van der Waals surface area contributed by atoms with Gasteiger partial charge >= 0.3 is 0 Å². The zero-order valence-electron chi connectivity index (χ0n) is 19.9. The van der Waals surface area contributed by atoms with E-state index in [0.29, 0.717) is 23.4 Å². The first-order chi connectivity index (χ1) is 17.1. The van der Waals surface area contributed by atoms with Gasteiger partial charge in [0.15, 0.2) is 0 Å². The smallest absolute Gasteiger partial charge is 0.251 e. The van der Waals surface area contributed by atoms with Gasteiger partial charge in [0.05, 0.1) is 11.0 Å². The summed E-state index contributed by atoms with van der Waals surface area (Å²) >= 11 is 0. The highest BCUT2D eigenvalue weighted by molar-refractivity contribution is 5.96. The van der Waals surface area contributed by atoms with Crippen LogP contribution in [0.4, 0.5) is 5.69 Å². The Morgan fingerprint density at radius 2 is 1.63 bits per heavy atom. The molecule has 4 saturated carbocycles. The number of carbonyl (C=O) groups is 2. The second-order valence-corrected chi connectivity index (χ2v) is 11.4. The number of aromatic nitrogens is 2. The second-order valence-electron chi connectivity index (χ2n) is 11.4. The quantitative estimate of drug-likeness (QED) is 0.461. The minimum Gasteiger partial charge on any atom is -0.349 e. The number of hydrogen-bond donors (Lipinski definition) is 3. The van der Waals surface area contributed by atoms with Gasteiger partial charge in [-0.25, -0.2) is 4.98 Å². The first-order valence-corrected chi connectivity index (χ1v) is 13.3. The predicted molar refractivity (Wildman–Crippen MR) is 136 cm³/mol. The largest absolute Gasteiger partial charge is 0.349 e. The predicted octanol–water partition coefficient (Wildman–Crippen LogP) is 5.52. The van der Waals surface area contributed by atoms with Gasteiger partial charge in [-0.15, -0.1) is 0 Å². The van der Waals surface area contributed by atoms with Crippen molar-refractivity contribution in [3.05, 3.63) is 48.0 Å². The van der Waals surface area contributed by atoms with Crippen molar-refractivity contribution < 1.29 is 9.59 Å². The molecule has 4 aliphatic rings. The number of imidazole rings is 1. The summed E-state index contributed by atoms with van der Waals surface area (Å²) in [6.45, 7) is 0. The fourth-order valence-corrected chi connectivity index (χ4v) is 7.48. The van der Waals surface area contributed by atoms with Crippen LogP contribution in [0.3, 0.4) is 0 Å². The number of hydrogen-bond acceptors (Lipinski definition) is 3. The summed E-state index contributed by atoms with van der Waals surface area (Å²) in [5.74, 6) is 3.92. The maximum absolute atomic E-state index is 12.8. The van der Waals surface area contributed by atoms with E-state index >= 15 is 0 Å². The first-order valence-electron chi connectivity index (χ1n) is 13.3. The summed E-state index contributed by atoms with van der Waals surface area (Å²) < 4.78 is 0. The molecule has 180 valence electrons. The molecule has 4 fully saturated rings. The Morgan fingerprint density at radius 3 is 2.31 bits per heavy atom. The topological polar surface area (TPSA) is 86.9 Å². The summed E-state index contributed by atoms with van der Waals surface area (Å²) in [5, 5.41) is 6.40. The van der Waals surface area contributed by atoms with Crippen LogP contribution < -0.4 is 10.6 Å². The third-order valence-corrected chi connectivity index (χ3v) is 9.30. The molecule has 35 heavy (non-hydrogen) atoms. The van der Waals surface area contributed by atoms with Crippen molar-refractivity contribution in [1.82, 2.24) is 15.3 Å². The van der Waals surface area contributed by atoms with E-state index in [1.165, 1.54) is 38.5 Å². The molecule has 3 N–H and O–H groups in total. The van der Waals surface area contributed by atoms with Crippen molar-refractivity contribution in [1.29, 1.82) is 0 Å². The number of rotatable bonds is 5. The van der Waals surface area contributed by atoms with Crippen LogP contribution >= 0.6 is 0 Å². The average Bonchev–Trinajstić information content (AvgIpc) is 3.70. The molecule has 6 atom stereocenters. The summed E-state index contributed by atoms with van der Waals surface area (Å²) in [4.78, 5) is 33.7. The van der Waals surface area contributed by atoms with E-state index in [2.05, 4.69) is 15.6 Å². The Bertz CT molecular complexity index is 1300. The van der Waals surface area contributed by atoms with Crippen LogP contribution in [0.25, 0.3) is 22.4 Å². The lowest BCUT2D eigenvalue weighted by Crippen LogP contribution is -2.38. The third-order valence-electron chi connectivity index (χ3n) is 9.30. The summed E-state index contributed by atoms with van der Waals surface area (Å²) in [5.41, 5.74) is 4.19. The summed E-state index contributed by atoms with van der Waals surface area (Å²) in [7, 11) is 0. The highest BCUT2D eigenvalue weighted by atomic mass is 16.2. The Labute approximate surface area is 205 Å². The summed E-state index contributed by atoms with van der Waals surface area (Å²) in [6, 6.07) is 13.8. The molecule has 4 bridgehead atoms. The molecule has 7 rings (SSSR count). The maximum atomic E-state index is 12.8. The Morgan fingerprint density at radius 1 is 0.857 bits per heavy atom. The number of fused-ring (bicyclic) bond motifs is 5. The van der Waals surface area contributed by atoms with Gasteiger partial charge in [-0.05, 0) is 92.5 Å². The third kappa shape index (κ3) is 3.83. The molecule has 2 amide bonds. The van der Waals surface area contributed by atoms with Crippen molar-refractivity contribution in [3.63, 3.8) is 0 Å². The van der Waals surface area contributed by atoms with Crippen molar-refractivity contribution in [2.24, 2.45) is 29.6 Å². The van der Waals surface area contributed by atoms with E-state index in [1.54, 1.807) is 0 Å². The van der Waals surface area contributed by atoms with E-state index in [9.17, 15) is 9.59 Å². The number of aromatic amines is 1. The molecule has 3 aromatic rings. The summed E-state index contributed by atoms with van der Waals surface area (Å²) in [6.07, 6.45) is 9.77. The van der Waals surface area contributed by atoms with Crippen molar-refractivity contribution in [3.8, 4) is 11.4 Å². The fourth-order valence-electron chi connectivity index (χ4n) is 7.48. The minimum absolute atomic E-state index is 0.0228. The lowest BCUT2D eigenvalue weighted by Gasteiger charge is -2.22. The highest BCUT2D eigenvalue weighted by Crippen LogP contribution is 2.48. The van der Waals surface area contributed by atoms with Crippen LogP contribution in [-0.2, 0) is 4.79 Å². The number of anilines is 1. The van der Waals surface area contributed by atoms with Crippen LogP contribution in [0, 0.1) is 29.6 Å². The molecule has 1 aromatic heterocycles.